The topological polar surface area (TPSA) is 48.3 Å². The Balaban J connectivity index is 1.91. The number of nitriles is 1. The lowest BCUT2D eigenvalue weighted by Crippen LogP contribution is -2.53. The fourth-order valence-electron chi connectivity index (χ4n) is 3.11. The van der Waals surface area contributed by atoms with E-state index in [0.717, 1.165) is 19.5 Å². The lowest BCUT2D eigenvalue weighted by atomic mass is 9.93. The van der Waals surface area contributed by atoms with E-state index in [2.05, 4.69) is 37.1 Å². The predicted octanol–water partition coefficient (Wildman–Crippen LogP) is 1.91. The summed E-state index contributed by atoms with van der Waals surface area (Å²) in [5, 5.41) is 12.9. The molecule has 0 aromatic heterocycles. The summed E-state index contributed by atoms with van der Waals surface area (Å²) in [6.45, 7) is 10.5. The summed E-state index contributed by atoms with van der Waals surface area (Å²) < 4.78 is 5.78. The molecule has 0 aromatic carbocycles. The summed E-state index contributed by atoms with van der Waals surface area (Å²) in [7, 11) is 0. The van der Waals surface area contributed by atoms with E-state index in [-0.39, 0.29) is 12.2 Å². The van der Waals surface area contributed by atoms with E-state index in [1.807, 2.05) is 6.92 Å². The van der Waals surface area contributed by atoms with Crippen LogP contribution in [0.4, 0.5) is 0 Å². The molecule has 4 heteroatoms. The van der Waals surface area contributed by atoms with Crippen molar-refractivity contribution in [3.8, 4) is 6.07 Å². The lowest BCUT2D eigenvalue weighted by Gasteiger charge is -2.41. The number of nitrogens with one attached hydrogen (secondary N) is 1. The molecule has 4 unspecified atom stereocenters. The number of morpholine rings is 1. The maximum absolute atomic E-state index is 9.46. The van der Waals surface area contributed by atoms with Gasteiger partial charge in [-0.1, -0.05) is 0 Å². The first-order valence-corrected chi connectivity index (χ1v) is 7.50. The van der Waals surface area contributed by atoms with Crippen molar-refractivity contribution in [2.45, 2.75) is 76.8 Å². The fraction of sp³-hybridized carbons (Fsp3) is 0.933. The third-order valence-electron chi connectivity index (χ3n) is 4.12. The Kier molecular flexibility index (Phi) is 4.50. The molecule has 2 aliphatic rings. The molecule has 0 aromatic rings. The van der Waals surface area contributed by atoms with Crippen LogP contribution in [0.3, 0.4) is 0 Å². The van der Waals surface area contributed by atoms with Crippen LogP contribution in [-0.4, -0.2) is 47.8 Å². The third kappa shape index (κ3) is 4.17. The van der Waals surface area contributed by atoms with Crippen molar-refractivity contribution in [3.05, 3.63) is 0 Å². The zero-order valence-electron chi connectivity index (χ0n) is 12.6. The fourth-order valence-corrected chi connectivity index (χ4v) is 3.11. The maximum Gasteiger partial charge on any atom is 0.105 e. The minimum absolute atomic E-state index is 0.288. The highest BCUT2D eigenvalue weighted by molar-refractivity contribution is 5.08. The van der Waals surface area contributed by atoms with E-state index in [4.69, 9.17) is 4.74 Å². The van der Waals surface area contributed by atoms with Gasteiger partial charge in [0.2, 0.25) is 0 Å². The zero-order chi connectivity index (χ0) is 14.0. The van der Waals surface area contributed by atoms with Crippen molar-refractivity contribution in [1.82, 2.24) is 10.2 Å². The van der Waals surface area contributed by atoms with Crippen molar-refractivity contribution in [2.24, 2.45) is 0 Å². The minimum atomic E-state index is -0.397. The van der Waals surface area contributed by atoms with Gasteiger partial charge in [-0.15, -0.1) is 0 Å². The van der Waals surface area contributed by atoms with E-state index >= 15 is 0 Å². The van der Waals surface area contributed by atoms with E-state index in [1.165, 1.54) is 12.8 Å². The largest absolute Gasteiger partial charge is 0.373 e. The molecular weight excluding hydrogens is 238 g/mol. The molecule has 1 saturated carbocycles. The number of nitrogens with zero attached hydrogens (tertiary/aromatic N) is 2. The van der Waals surface area contributed by atoms with Gasteiger partial charge in [0.15, 0.2) is 0 Å². The Morgan fingerprint density at radius 3 is 2.42 bits per heavy atom. The summed E-state index contributed by atoms with van der Waals surface area (Å²) in [6.07, 6.45) is 3.89. The van der Waals surface area contributed by atoms with Gasteiger partial charge in [-0.25, -0.2) is 0 Å². The average molecular weight is 265 g/mol. The molecule has 0 spiro atoms. The van der Waals surface area contributed by atoms with Gasteiger partial charge < -0.3 is 4.74 Å². The van der Waals surface area contributed by atoms with Gasteiger partial charge in [-0.05, 0) is 47.0 Å². The highest BCUT2D eigenvalue weighted by Gasteiger charge is 2.36. The van der Waals surface area contributed by atoms with Crippen LogP contribution < -0.4 is 5.32 Å². The molecule has 1 aliphatic heterocycles. The van der Waals surface area contributed by atoms with Gasteiger partial charge in [-0.3, -0.25) is 10.2 Å². The quantitative estimate of drug-likeness (QED) is 0.825. The van der Waals surface area contributed by atoms with Crippen molar-refractivity contribution in [3.63, 3.8) is 0 Å². The van der Waals surface area contributed by atoms with Crippen molar-refractivity contribution < 1.29 is 4.74 Å². The molecule has 4 nitrogen and oxygen atoms in total. The van der Waals surface area contributed by atoms with E-state index < -0.39 is 5.54 Å². The molecular formula is C15H27N3O. The maximum atomic E-state index is 9.46. The number of hydrogen-bond donors (Lipinski definition) is 1. The zero-order valence-corrected chi connectivity index (χ0v) is 12.6. The standard InChI is InChI=1S/C15H27N3O/c1-11(18-8-12(2)19-13(3)9-18)7-15(4,10-16)17-14-5-6-14/h11-14,17H,5-9H2,1-4H3. The molecule has 2 rings (SSSR count). The van der Waals surface area contributed by atoms with Gasteiger partial charge in [0.05, 0.1) is 18.3 Å². The molecule has 2 fully saturated rings. The molecule has 108 valence electrons. The molecule has 0 radical (unpaired) electrons. The molecule has 1 heterocycles. The molecule has 19 heavy (non-hydrogen) atoms. The van der Waals surface area contributed by atoms with E-state index in [1.54, 1.807) is 0 Å². The minimum Gasteiger partial charge on any atom is -0.373 e. The Bertz CT molecular complexity index is 340. The van der Waals surface area contributed by atoms with Gasteiger partial charge >= 0.3 is 0 Å². The Hall–Kier alpha value is -0.630. The summed E-state index contributed by atoms with van der Waals surface area (Å²) in [5.74, 6) is 0. The van der Waals surface area contributed by atoms with Crippen LogP contribution in [0.5, 0.6) is 0 Å². The number of ether oxygens (including phenoxy) is 1. The van der Waals surface area contributed by atoms with Crippen LogP contribution in [-0.2, 0) is 4.74 Å². The molecule has 4 atom stereocenters. The third-order valence-corrected chi connectivity index (χ3v) is 4.12. The lowest BCUT2D eigenvalue weighted by molar-refractivity contribution is -0.0806. The summed E-state index contributed by atoms with van der Waals surface area (Å²) >= 11 is 0. The van der Waals surface area contributed by atoms with Gasteiger partial charge in [0, 0.05) is 25.2 Å². The molecule has 0 bridgehead atoms. The predicted molar refractivity (Wildman–Crippen MR) is 75.8 cm³/mol. The van der Waals surface area contributed by atoms with Crippen LogP contribution in [0.15, 0.2) is 0 Å². The van der Waals surface area contributed by atoms with Crippen LogP contribution in [0.25, 0.3) is 0 Å². The Morgan fingerprint density at radius 2 is 1.95 bits per heavy atom. The monoisotopic (exact) mass is 265 g/mol. The summed E-state index contributed by atoms with van der Waals surface area (Å²) in [6, 6.07) is 3.45. The molecule has 1 N–H and O–H groups in total. The first kappa shape index (κ1) is 14.8. The first-order valence-electron chi connectivity index (χ1n) is 7.50. The number of hydrogen-bond acceptors (Lipinski definition) is 4. The van der Waals surface area contributed by atoms with Crippen molar-refractivity contribution >= 4 is 0 Å². The van der Waals surface area contributed by atoms with Crippen molar-refractivity contribution in [2.75, 3.05) is 13.1 Å². The molecule has 0 amide bonds. The van der Waals surface area contributed by atoms with Gasteiger partial charge in [-0.2, -0.15) is 5.26 Å². The van der Waals surface area contributed by atoms with Crippen LogP contribution >= 0.6 is 0 Å². The Labute approximate surface area is 117 Å². The molecule has 1 saturated heterocycles. The first-order chi connectivity index (χ1) is 8.92. The highest BCUT2D eigenvalue weighted by Crippen LogP contribution is 2.26. The normalized spacial score (nSPS) is 33.4. The SMILES string of the molecule is CC1CN(C(C)CC(C)(C#N)NC2CC2)CC(C)O1. The van der Waals surface area contributed by atoms with Crippen LogP contribution in [0, 0.1) is 11.3 Å². The van der Waals surface area contributed by atoms with Crippen LogP contribution in [0.1, 0.15) is 47.0 Å². The van der Waals surface area contributed by atoms with Crippen molar-refractivity contribution in [1.29, 1.82) is 5.26 Å². The second kappa shape index (κ2) is 5.78. The number of rotatable bonds is 5. The van der Waals surface area contributed by atoms with E-state index in [0.29, 0.717) is 12.1 Å². The smallest absolute Gasteiger partial charge is 0.105 e. The highest BCUT2D eigenvalue weighted by atomic mass is 16.5. The second-order valence-corrected chi connectivity index (χ2v) is 6.63. The Morgan fingerprint density at radius 1 is 1.37 bits per heavy atom. The van der Waals surface area contributed by atoms with Gasteiger partial charge in [0.1, 0.15) is 5.54 Å². The average Bonchev–Trinajstić information content (AvgIpc) is 3.11. The summed E-state index contributed by atoms with van der Waals surface area (Å²) in [4.78, 5) is 2.46. The van der Waals surface area contributed by atoms with Gasteiger partial charge in [0.25, 0.3) is 0 Å². The summed E-state index contributed by atoms with van der Waals surface area (Å²) in [5.41, 5.74) is -0.397. The second-order valence-electron chi connectivity index (χ2n) is 6.63. The molecule has 1 aliphatic carbocycles. The van der Waals surface area contributed by atoms with E-state index in [9.17, 15) is 5.26 Å². The van der Waals surface area contributed by atoms with Crippen LogP contribution in [0.2, 0.25) is 0 Å².